The molecule has 1 rings (SSSR count). The van der Waals surface area contributed by atoms with Gasteiger partial charge in [-0.25, -0.2) is 0 Å². The molecule has 4 heteroatoms. The minimum absolute atomic E-state index is 0.109. The fourth-order valence-electron chi connectivity index (χ4n) is 1.64. The van der Waals surface area contributed by atoms with Crippen molar-refractivity contribution in [2.75, 3.05) is 6.61 Å². The van der Waals surface area contributed by atoms with Gasteiger partial charge in [0.05, 0.1) is 13.0 Å². The monoisotopic (exact) mass is 268 g/mol. The first-order valence-corrected chi connectivity index (χ1v) is 6.29. The van der Waals surface area contributed by atoms with E-state index in [9.17, 15) is 9.59 Å². The number of ether oxygens (including phenoxy) is 1. The Morgan fingerprint density at radius 1 is 1.39 bits per heavy atom. The lowest BCUT2D eigenvalue weighted by molar-refractivity contribution is -0.142. The maximum absolute atomic E-state index is 11.5. The minimum Gasteiger partial charge on any atom is -0.466 e. The highest BCUT2D eigenvalue weighted by atomic mass is 35.5. The lowest BCUT2D eigenvalue weighted by Crippen LogP contribution is -2.10. The number of rotatable bonds is 5. The zero-order valence-electron chi connectivity index (χ0n) is 10.8. The van der Waals surface area contributed by atoms with Gasteiger partial charge in [0.25, 0.3) is 0 Å². The van der Waals surface area contributed by atoms with Gasteiger partial charge in [-0.05, 0) is 37.5 Å². The van der Waals surface area contributed by atoms with E-state index in [0.717, 1.165) is 11.1 Å². The third kappa shape index (κ3) is 3.84. The Balaban J connectivity index is 2.94. The van der Waals surface area contributed by atoms with Crippen LogP contribution in [-0.2, 0) is 20.7 Å². The summed E-state index contributed by atoms with van der Waals surface area (Å²) in [6.45, 7) is 5.49. The fourth-order valence-corrected chi connectivity index (χ4v) is 1.78. The van der Waals surface area contributed by atoms with Crippen LogP contribution in [0.3, 0.4) is 0 Å². The number of alkyl halides is 1. The Bertz CT molecular complexity index is 454. The summed E-state index contributed by atoms with van der Waals surface area (Å²) < 4.78 is 4.91. The topological polar surface area (TPSA) is 43.4 Å². The number of hydrogen-bond acceptors (Lipinski definition) is 3. The third-order valence-corrected chi connectivity index (χ3v) is 3.22. The summed E-state index contributed by atoms with van der Waals surface area (Å²) in [5.74, 6) is -0.380. The molecule has 0 aromatic heterocycles. The van der Waals surface area contributed by atoms with Gasteiger partial charge >= 0.3 is 5.97 Å². The summed E-state index contributed by atoms with van der Waals surface area (Å²) in [5, 5.41) is -0.661. The molecule has 0 saturated carbocycles. The van der Waals surface area contributed by atoms with Crippen LogP contribution < -0.4 is 0 Å². The van der Waals surface area contributed by atoms with Gasteiger partial charge in [-0.2, -0.15) is 0 Å². The predicted octanol–water partition coefficient (Wildman–Crippen LogP) is 2.97. The molecule has 0 heterocycles. The molecule has 1 aromatic rings. The Morgan fingerprint density at radius 2 is 2.06 bits per heavy atom. The van der Waals surface area contributed by atoms with Crippen molar-refractivity contribution in [2.45, 2.75) is 32.6 Å². The Morgan fingerprint density at radius 3 is 2.61 bits per heavy atom. The molecule has 1 aromatic carbocycles. The molecule has 18 heavy (non-hydrogen) atoms. The molecule has 0 radical (unpaired) electrons. The van der Waals surface area contributed by atoms with Crippen molar-refractivity contribution < 1.29 is 14.3 Å². The first kappa shape index (κ1) is 14.7. The summed E-state index contributed by atoms with van der Waals surface area (Å²) >= 11 is 6.00. The third-order valence-electron chi connectivity index (χ3n) is 2.66. The molecule has 0 amide bonds. The number of halogens is 1. The lowest BCUT2D eigenvalue weighted by Gasteiger charge is -2.11. The van der Waals surface area contributed by atoms with Crippen molar-refractivity contribution >= 4 is 23.4 Å². The van der Waals surface area contributed by atoms with E-state index >= 15 is 0 Å². The van der Waals surface area contributed by atoms with Gasteiger partial charge in [-0.15, -0.1) is 11.6 Å². The number of benzene rings is 1. The second-order valence-electron chi connectivity index (χ2n) is 4.14. The molecule has 0 N–H and O–H groups in total. The number of ketones is 1. The smallest absolute Gasteiger partial charge is 0.310 e. The molecule has 0 bridgehead atoms. The average Bonchev–Trinajstić information content (AvgIpc) is 2.31. The zero-order valence-corrected chi connectivity index (χ0v) is 11.6. The number of carbonyl (C=O) groups excluding carboxylic acids is 2. The van der Waals surface area contributed by atoms with Crippen LogP contribution in [0, 0.1) is 6.92 Å². The average molecular weight is 269 g/mol. The molecule has 0 spiro atoms. The second kappa shape index (κ2) is 6.55. The van der Waals surface area contributed by atoms with E-state index in [-0.39, 0.29) is 18.2 Å². The van der Waals surface area contributed by atoms with Crippen molar-refractivity contribution in [1.29, 1.82) is 0 Å². The number of hydrogen-bond donors (Lipinski definition) is 0. The van der Waals surface area contributed by atoms with E-state index in [1.165, 1.54) is 6.92 Å². The SMILES string of the molecule is CCOC(=O)Cc1cc(C(Cl)C(C)=O)ccc1C. The predicted molar refractivity (Wildman–Crippen MR) is 70.8 cm³/mol. The first-order valence-electron chi connectivity index (χ1n) is 5.85. The van der Waals surface area contributed by atoms with E-state index in [1.54, 1.807) is 13.0 Å². The van der Waals surface area contributed by atoms with Crippen molar-refractivity contribution in [1.82, 2.24) is 0 Å². The molecule has 1 atom stereocenters. The summed E-state index contributed by atoms with van der Waals surface area (Å²) in [6, 6.07) is 5.47. The maximum Gasteiger partial charge on any atom is 0.310 e. The van der Waals surface area contributed by atoms with Crippen molar-refractivity contribution in [2.24, 2.45) is 0 Å². The highest BCUT2D eigenvalue weighted by Crippen LogP contribution is 2.24. The number of aryl methyl sites for hydroxylation is 1. The molecule has 3 nitrogen and oxygen atoms in total. The highest BCUT2D eigenvalue weighted by molar-refractivity contribution is 6.30. The van der Waals surface area contributed by atoms with Crippen LogP contribution in [0.4, 0.5) is 0 Å². The van der Waals surface area contributed by atoms with Crippen LogP contribution in [0.15, 0.2) is 18.2 Å². The lowest BCUT2D eigenvalue weighted by atomic mass is 9.99. The summed E-state index contributed by atoms with van der Waals surface area (Å²) in [4.78, 5) is 22.7. The van der Waals surface area contributed by atoms with Gasteiger partial charge in [-0.1, -0.05) is 18.2 Å². The van der Waals surface area contributed by atoms with Crippen LogP contribution >= 0.6 is 11.6 Å². The fraction of sp³-hybridized carbons (Fsp3) is 0.429. The maximum atomic E-state index is 11.5. The van der Waals surface area contributed by atoms with Gasteiger partial charge in [0.2, 0.25) is 0 Å². The summed E-state index contributed by atoms with van der Waals surface area (Å²) in [5.41, 5.74) is 2.55. The van der Waals surface area contributed by atoms with Crippen LogP contribution in [-0.4, -0.2) is 18.4 Å². The Kier molecular flexibility index (Phi) is 5.35. The molecular formula is C14H17ClO3. The molecule has 1 unspecified atom stereocenters. The zero-order chi connectivity index (χ0) is 13.7. The highest BCUT2D eigenvalue weighted by Gasteiger charge is 2.15. The van der Waals surface area contributed by atoms with Crippen LogP contribution in [0.25, 0.3) is 0 Å². The van der Waals surface area contributed by atoms with Gasteiger partial charge in [-0.3, -0.25) is 9.59 Å². The molecule has 98 valence electrons. The molecule has 0 aliphatic heterocycles. The van der Waals surface area contributed by atoms with E-state index in [2.05, 4.69) is 0 Å². The van der Waals surface area contributed by atoms with E-state index < -0.39 is 5.38 Å². The van der Waals surface area contributed by atoms with Crippen molar-refractivity contribution in [3.8, 4) is 0 Å². The van der Waals surface area contributed by atoms with Crippen molar-refractivity contribution in [3.05, 3.63) is 34.9 Å². The van der Waals surface area contributed by atoms with Gasteiger partial charge in [0.15, 0.2) is 5.78 Å². The van der Waals surface area contributed by atoms with E-state index in [0.29, 0.717) is 12.2 Å². The van der Waals surface area contributed by atoms with Gasteiger partial charge < -0.3 is 4.74 Å². The van der Waals surface area contributed by atoms with Crippen LogP contribution in [0.5, 0.6) is 0 Å². The summed E-state index contributed by atoms with van der Waals surface area (Å²) in [7, 11) is 0. The molecule has 0 aliphatic carbocycles. The standard InChI is InChI=1S/C14H17ClO3/c1-4-18-13(17)8-12-7-11(6-5-9(12)2)14(15)10(3)16/h5-7,14H,4,8H2,1-3H3. The molecule has 0 saturated heterocycles. The first-order chi connectivity index (χ1) is 8.45. The van der Waals surface area contributed by atoms with Crippen LogP contribution in [0.2, 0.25) is 0 Å². The minimum atomic E-state index is -0.661. The molecule has 0 fully saturated rings. The summed E-state index contributed by atoms with van der Waals surface area (Å²) in [6.07, 6.45) is 0.203. The Labute approximate surface area is 112 Å². The number of esters is 1. The van der Waals surface area contributed by atoms with Gasteiger partial charge in [0.1, 0.15) is 5.38 Å². The number of carbonyl (C=O) groups is 2. The normalized spacial score (nSPS) is 12.0. The second-order valence-corrected chi connectivity index (χ2v) is 4.58. The van der Waals surface area contributed by atoms with Crippen molar-refractivity contribution in [3.63, 3.8) is 0 Å². The van der Waals surface area contributed by atoms with E-state index in [1.807, 2.05) is 19.1 Å². The largest absolute Gasteiger partial charge is 0.466 e. The quantitative estimate of drug-likeness (QED) is 0.609. The van der Waals surface area contributed by atoms with E-state index in [4.69, 9.17) is 16.3 Å². The molecule has 0 aliphatic rings. The van der Waals surface area contributed by atoms with Gasteiger partial charge in [0, 0.05) is 0 Å². The molecular weight excluding hydrogens is 252 g/mol. The van der Waals surface area contributed by atoms with Crippen LogP contribution in [0.1, 0.15) is 35.9 Å². The Hall–Kier alpha value is -1.35. The number of Topliss-reactive ketones (excluding diaryl/α,β-unsaturated/α-hetero) is 1.